The first-order valence-electron chi connectivity index (χ1n) is 4.72. The molecule has 0 amide bonds. The van der Waals surface area contributed by atoms with E-state index < -0.39 is 12.0 Å². The number of carbonyl (C=O) groups is 1. The van der Waals surface area contributed by atoms with Crippen LogP contribution in [0.5, 0.6) is 0 Å². The SMILES string of the molecule is Cc1cnc2nc(CC(N)C(=O)O)nn2c1. The van der Waals surface area contributed by atoms with Gasteiger partial charge in [0.25, 0.3) is 5.78 Å². The highest BCUT2D eigenvalue weighted by molar-refractivity contribution is 5.73. The van der Waals surface area contributed by atoms with Crippen molar-refractivity contribution >= 4 is 11.7 Å². The lowest BCUT2D eigenvalue weighted by Crippen LogP contribution is -2.32. The highest BCUT2D eigenvalue weighted by atomic mass is 16.4. The van der Waals surface area contributed by atoms with Gasteiger partial charge in [-0.05, 0) is 12.5 Å². The molecule has 16 heavy (non-hydrogen) atoms. The van der Waals surface area contributed by atoms with E-state index in [1.54, 1.807) is 12.4 Å². The van der Waals surface area contributed by atoms with Gasteiger partial charge in [0, 0.05) is 18.8 Å². The van der Waals surface area contributed by atoms with E-state index in [0.29, 0.717) is 11.6 Å². The molecule has 0 aliphatic carbocycles. The van der Waals surface area contributed by atoms with Gasteiger partial charge in [-0.25, -0.2) is 9.50 Å². The van der Waals surface area contributed by atoms with Crippen LogP contribution in [0.2, 0.25) is 0 Å². The standard InChI is InChI=1S/C9H11N5O2/c1-5-3-11-9-12-7(13-14(9)4-5)2-6(10)8(15)16/h3-4,6H,2,10H2,1H3,(H,15,16). The van der Waals surface area contributed by atoms with E-state index >= 15 is 0 Å². The zero-order chi connectivity index (χ0) is 11.7. The maximum Gasteiger partial charge on any atom is 0.320 e. The Kier molecular flexibility index (Phi) is 2.53. The number of rotatable bonds is 3. The smallest absolute Gasteiger partial charge is 0.320 e. The van der Waals surface area contributed by atoms with Crippen molar-refractivity contribution in [2.45, 2.75) is 19.4 Å². The van der Waals surface area contributed by atoms with E-state index in [0.717, 1.165) is 5.56 Å². The zero-order valence-corrected chi connectivity index (χ0v) is 8.66. The van der Waals surface area contributed by atoms with Crippen LogP contribution in [0.4, 0.5) is 0 Å². The van der Waals surface area contributed by atoms with Gasteiger partial charge in [-0.2, -0.15) is 4.98 Å². The number of nitrogens with two attached hydrogens (primary N) is 1. The van der Waals surface area contributed by atoms with Gasteiger partial charge in [0.1, 0.15) is 6.04 Å². The van der Waals surface area contributed by atoms with E-state index in [1.807, 2.05) is 6.92 Å². The summed E-state index contributed by atoms with van der Waals surface area (Å²) in [5.74, 6) is -0.241. The van der Waals surface area contributed by atoms with Gasteiger partial charge < -0.3 is 10.8 Å². The van der Waals surface area contributed by atoms with Gasteiger partial charge >= 0.3 is 5.97 Å². The van der Waals surface area contributed by atoms with Gasteiger partial charge in [0.15, 0.2) is 5.82 Å². The number of aryl methyl sites for hydroxylation is 1. The zero-order valence-electron chi connectivity index (χ0n) is 8.66. The van der Waals surface area contributed by atoms with Crippen molar-refractivity contribution in [3.63, 3.8) is 0 Å². The maximum atomic E-state index is 10.6. The second kappa shape index (κ2) is 3.86. The monoisotopic (exact) mass is 221 g/mol. The number of hydrogen-bond donors (Lipinski definition) is 2. The van der Waals surface area contributed by atoms with E-state index in [2.05, 4.69) is 15.1 Å². The summed E-state index contributed by atoms with van der Waals surface area (Å²) in [4.78, 5) is 18.7. The summed E-state index contributed by atoms with van der Waals surface area (Å²) in [6, 6.07) is -0.987. The fraction of sp³-hybridized carbons (Fsp3) is 0.333. The molecule has 0 radical (unpaired) electrons. The fourth-order valence-corrected chi connectivity index (χ4v) is 1.29. The number of fused-ring (bicyclic) bond motifs is 1. The lowest BCUT2D eigenvalue weighted by Gasteiger charge is -2.00. The van der Waals surface area contributed by atoms with Crippen LogP contribution in [-0.2, 0) is 11.2 Å². The third-order valence-electron chi connectivity index (χ3n) is 2.09. The Bertz CT molecular complexity index is 536. The molecule has 0 aliphatic heterocycles. The molecule has 7 heteroatoms. The van der Waals surface area contributed by atoms with Crippen LogP contribution in [0, 0.1) is 6.92 Å². The Hall–Kier alpha value is -2.02. The quantitative estimate of drug-likeness (QED) is 0.715. The van der Waals surface area contributed by atoms with E-state index in [9.17, 15) is 4.79 Å². The summed E-state index contributed by atoms with van der Waals surface area (Å²) >= 11 is 0. The van der Waals surface area contributed by atoms with Gasteiger partial charge in [-0.1, -0.05) is 0 Å². The van der Waals surface area contributed by atoms with Crippen molar-refractivity contribution in [2.24, 2.45) is 5.73 Å². The highest BCUT2D eigenvalue weighted by Crippen LogP contribution is 2.02. The second-order valence-electron chi connectivity index (χ2n) is 3.55. The molecule has 1 unspecified atom stereocenters. The van der Waals surface area contributed by atoms with Gasteiger partial charge in [0.05, 0.1) is 0 Å². The Morgan fingerprint density at radius 1 is 1.69 bits per heavy atom. The third-order valence-corrected chi connectivity index (χ3v) is 2.09. The predicted molar refractivity (Wildman–Crippen MR) is 54.8 cm³/mol. The summed E-state index contributed by atoms with van der Waals surface area (Å²) in [6.07, 6.45) is 3.54. The number of hydrogen-bond acceptors (Lipinski definition) is 5. The third kappa shape index (κ3) is 1.98. The lowest BCUT2D eigenvalue weighted by molar-refractivity contribution is -0.138. The van der Waals surface area contributed by atoms with E-state index in [1.165, 1.54) is 4.52 Å². The van der Waals surface area contributed by atoms with Crippen molar-refractivity contribution in [3.8, 4) is 0 Å². The molecule has 0 saturated carbocycles. The van der Waals surface area contributed by atoms with Crippen LogP contribution in [-0.4, -0.2) is 36.7 Å². The molecule has 0 spiro atoms. The van der Waals surface area contributed by atoms with Crippen LogP contribution in [0.15, 0.2) is 12.4 Å². The van der Waals surface area contributed by atoms with Crippen LogP contribution in [0.3, 0.4) is 0 Å². The number of carboxylic acids is 1. The highest BCUT2D eigenvalue weighted by Gasteiger charge is 2.15. The molecule has 0 saturated heterocycles. The molecule has 1 atom stereocenters. The normalized spacial score (nSPS) is 12.9. The maximum absolute atomic E-state index is 10.6. The molecule has 2 rings (SSSR count). The topological polar surface area (TPSA) is 106 Å². The van der Waals surface area contributed by atoms with Crippen LogP contribution >= 0.6 is 0 Å². The molecular formula is C9H11N5O2. The van der Waals surface area contributed by atoms with Gasteiger partial charge in [-0.15, -0.1) is 5.10 Å². The van der Waals surface area contributed by atoms with Crippen molar-refractivity contribution < 1.29 is 9.90 Å². The molecule has 0 bridgehead atoms. The molecule has 0 fully saturated rings. The van der Waals surface area contributed by atoms with Crippen LogP contribution < -0.4 is 5.73 Å². The number of nitrogens with zero attached hydrogens (tertiary/aromatic N) is 4. The second-order valence-corrected chi connectivity index (χ2v) is 3.55. The van der Waals surface area contributed by atoms with Crippen LogP contribution in [0.25, 0.3) is 5.78 Å². The first-order chi connectivity index (χ1) is 7.56. The largest absolute Gasteiger partial charge is 0.480 e. The van der Waals surface area contributed by atoms with E-state index in [4.69, 9.17) is 10.8 Å². The Morgan fingerprint density at radius 2 is 2.44 bits per heavy atom. The minimum atomic E-state index is -1.07. The lowest BCUT2D eigenvalue weighted by atomic mass is 10.2. The summed E-state index contributed by atoms with van der Waals surface area (Å²) in [7, 11) is 0. The summed E-state index contributed by atoms with van der Waals surface area (Å²) in [5.41, 5.74) is 6.34. The Morgan fingerprint density at radius 3 is 3.12 bits per heavy atom. The molecule has 84 valence electrons. The first kappa shape index (κ1) is 10.5. The minimum Gasteiger partial charge on any atom is -0.480 e. The Labute approximate surface area is 90.9 Å². The molecule has 2 aromatic rings. The summed E-state index contributed by atoms with van der Waals surface area (Å²) in [5, 5.41) is 12.8. The molecule has 0 aliphatic rings. The molecule has 3 N–H and O–H groups in total. The molecule has 7 nitrogen and oxygen atoms in total. The van der Waals surface area contributed by atoms with Gasteiger partial charge in [-0.3, -0.25) is 4.79 Å². The molecule has 2 aromatic heterocycles. The van der Waals surface area contributed by atoms with Crippen molar-refractivity contribution in [2.75, 3.05) is 0 Å². The molecule has 2 heterocycles. The molecule has 0 aromatic carbocycles. The van der Waals surface area contributed by atoms with Crippen molar-refractivity contribution in [3.05, 3.63) is 23.8 Å². The van der Waals surface area contributed by atoms with E-state index in [-0.39, 0.29) is 6.42 Å². The number of aliphatic carboxylic acids is 1. The average molecular weight is 221 g/mol. The van der Waals surface area contributed by atoms with Crippen LogP contribution in [0.1, 0.15) is 11.4 Å². The molecular weight excluding hydrogens is 210 g/mol. The number of aromatic nitrogens is 4. The number of carboxylic acid groups (broad SMARTS) is 1. The Balaban J connectivity index is 2.29. The first-order valence-corrected chi connectivity index (χ1v) is 4.72. The van der Waals surface area contributed by atoms with Crippen molar-refractivity contribution in [1.82, 2.24) is 19.6 Å². The fourth-order valence-electron chi connectivity index (χ4n) is 1.29. The average Bonchev–Trinajstić information content (AvgIpc) is 2.58. The summed E-state index contributed by atoms with van der Waals surface area (Å²) in [6.45, 7) is 1.89. The van der Waals surface area contributed by atoms with Crippen molar-refractivity contribution in [1.29, 1.82) is 0 Å². The summed E-state index contributed by atoms with van der Waals surface area (Å²) < 4.78 is 1.51. The predicted octanol–water partition coefficient (Wildman–Crippen LogP) is -0.613. The van der Waals surface area contributed by atoms with Gasteiger partial charge in [0.2, 0.25) is 0 Å². The minimum absolute atomic E-state index is 0.0950.